The largest absolute Gasteiger partial charge is 0.394 e. The van der Waals surface area contributed by atoms with Crippen LogP contribution in [0.5, 0.6) is 0 Å². The van der Waals surface area contributed by atoms with Crippen LogP contribution in [-0.4, -0.2) is 47.6 Å². The number of carbonyl (C=O) groups is 1. The Balaban J connectivity index is 2.86. The Morgan fingerprint density at radius 1 is 1.56 bits per heavy atom. The number of aliphatic hydroxyl groups is 1. The molecular weight excluding hydrogens is 234 g/mol. The third kappa shape index (κ3) is 3.30. The molecule has 0 saturated carbocycles. The van der Waals surface area contributed by atoms with E-state index in [1.165, 1.54) is 7.11 Å². The number of aryl methyl sites for hydroxylation is 1. The van der Waals surface area contributed by atoms with Crippen LogP contribution in [-0.2, 0) is 4.74 Å². The Labute approximate surface area is 107 Å². The second-order valence-electron chi connectivity index (χ2n) is 4.57. The van der Waals surface area contributed by atoms with Gasteiger partial charge in [-0.1, -0.05) is 13.8 Å². The van der Waals surface area contributed by atoms with Gasteiger partial charge in [-0.25, -0.2) is 0 Å². The summed E-state index contributed by atoms with van der Waals surface area (Å²) in [6.07, 6.45) is 0. The number of amides is 1. The van der Waals surface area contributed by atoms with E-state index in [0.717, 1.165) is 11.4 Å². The van der Waals surface area contributed by atoms with Crippen molar-refractivity contribution in [1.82, 2.24) is 15.5 Å². The zero-order valence-corrected chi connectivity index (χ0v) is 11.3. The van der Waals surface area contributed by atoms with Gasteiger partial charge in [-0.2, -0.15) is 5.10 Å². The lowest BCUT2D eigenvalue weighted by molar-refractivity contribution is 0.0838. The van der Waals surface area contributed by atoms with Gasteiger partial charge in [0.25, 0.3) is 5.91 Å². The summed E-state index contributed by atoms with van der Waals surface area (Å²) in [5.41, 5.74) is 2.02. The minimum Gasteiger partial charge on any atom is -0.394 e. The minimum atomic E-state index is -0.406. The van der Waals surface area contributed by atoms with Crippen molar-refractivity contribution >= 4 is 5.91 Å². The van der Waals surface area contributed by atoms with Crippen molar-refractivity contribution in [3.63, 3.8) is 0 Å². The van der Waals surface area contributed by atoms with Crippen molar-refractivity contribution in [2.75, 3.05) is 20.3 Å². The molecule has 1 heterocycles. The van der Waals surface area contributed by atoms with Crippen LogP contribution in [0.15, 0.2) is 0 Å². The molecule has 0 unspecified atom stereocenters. The summed E-state index contributed by atoms with van der Waals surface area (Å²) in [5, 5.41) is 18.8. The fourth-order valence-electron chi connectivity index (χ4n) is 1.75. The smallest absolute Gasteiger partial charge is 0.255 e. The Morgan fingerprint density at radius 3 is 2.72 bits per heavy atom. The van der Waals surface area contributed by atoms with Gasteiger partial charge in [0.15, 0.2) is 0 Å². The molecule has 6 heteroatoms. The molecule has 3 N–H and O–H groups in total. The van der Waals surface area contributed by atoms with E-state index in [1.807, 2.05) is 13.8 Å². The SMILES string of the molecule is COC[C@H](CO)NC(=O)c1c(C(C)C)n[nH]c1C. The predicted octanol–water partition coefficient (Wildman–Crippen LogP) is 0.579. The van der Waals surface area contributed by atoms with Gasteiger partial charge in [0, 0.05) is 12.8 Å². The molecule has 18 heavy (non-hydrogen) atoms. The normalized spacial score (nSPS) is 12.8. The number of ether oxygens (including phenoxy) is 1. The number of nitrogens with one attached hydrogen (secondary N) is 2. The summed E-state index contributed by atoms with van der Waals surface area (Å²) < 4.78 is 4.92. The number of aromatic nitrogens is 2. The van der Waals surface area contributed by atoms with E-state index in [0.29, 0.717) is 5.56 Å². The van der Waals surface area contributed by atoms with Crippen LogP contribution in [0.2, 0.25) is 0 Å². The van der Waals surface area contributed by atoms with Crippen molar-refractivity contribution in [2.24, 2.45) is 0 Å². The van der Waals surface area contributed by atoms with Crippen LogP contribution in [0.25, 0.3) is 0 Å². The summed E-state index contributed by atoms with van der Waals surface area (Å²) in [5.74, 6) is -0.0771. The Morgan fingerprint density at radius 2 is 2.22 bits per heavy atom. The molecular formula is C12H21N3O3. The first-order valence-electron chi connectivity index (χ1n) is 5.96. The number of methoxy groups -OCH3 is 1. The second kappa shape index (κ2) is 6.51. The van der Waals surface area contributed by atoms with E-state index in [4.69, 9.17) is 9.84 Å². The molecule has 0 fully saturated rings. The summed E-state index contributed by atoms with van der Waals surface area (Å²) in [4.78, 5) is 12.2. The van der Waals surface area contributed by atoms with Crippen molar-refractivity contribution in [1.29, 1.82) is 0 Å². The van der Waals surface area contributed by atoms with Crippen LogP contribution in [0.1, 0.15) is 41.5 Å². The van der Waals surface area contributed by atoms with E-state index in [9.17, 15) is 4.79 Å². The van der Waals surface area contributed by atoms with Crippen molar-refractivity contribution in [2.45, 2.75) is 32.7 Å². The van der Waals surface area contributed by atoms with E-state index < -0.39 is 6.04 Å². The number of aliphatic hydroxyl groups excluding tert-OH is 1. The van der Waals surface area contributed by atoms with Gasteiger partial charge in [0.05, 0.1) is 30.5 Å². The number of rotatable bonds is 6. The van der Waals surface area contributed by atoms with Crippen LogP contribution in [0, 0.1) is 6.92 Å². The molecule has 102 valence electrons. The Hall–Kier alpha value is -1.40. The zero-order valence-electron chi connectivity index (χ0n) is 11.3. The molecule has 0 bridgehead atoms. The van der Waals surface area contributed by atoms with Gasteiger partial charge in [-0.3, -0.25) is 9.89 Å². The van der Waals surface area contributed by atoms with Gasteiger partial charge in [0.1, 0.15) is 0 Å². The highest BCUT2D eigenvalue weighted by molar-refractivity contribution is 5.96. The van der Waals surface area contributed by atoms with E-state index in [1.54, 1.807) is 6.92 Å². The number of hydrogen-bond donors (Lipinski definition) is 3. The molecule has 0 aliphatic rings. The van der Waals surface area contributed by atoms with E-state index in [2.05, 4.69) is 15.5 Å². The summed E-state index contributed by atoms with van der Waals surface area (Å²) in [7, 11) is 1.53. The number of carbonyl (C=O) groups excluding carboxylic acids is 1. The first-order chi connectivity index (χ1) is 8.51. The van der Waals surface area contributed by atoms with Crippen LogP contribution < -0.4 is 5.32 Å². The molecule has 0 saturated heterocycles. The zero-order chi connectivity index (χ0) is 13.7. The molecule has 1 aromatic rings. The lowest BCUT2D eigenvalue weighted by atomic mass is 10.0. The lowest BCUT2D eigenvalue weighted by Crippen LogP contribution is -2.41. The fourth-order valence-corrected chi connectivity index (χ4v) is 1.75. The van der Waals surface area contributed by atoms with Gasteiger partial charge < -0.3 is 15.2 Å². The van der Waals surface area contributed by atoms with Gasteiger partial charge in [-0.05, 0) is 12.8 Å². The maximum absolute atomic E-state index is 12.2. The standard InChI is InChI=1S/C12H21N3O3/c1-7(2)11-10(8(3)14-15-11)12(17)13-9(5-16)6-18-4/h7,9,16H,5-6H2,1-4H3,(H,13,17)(H,14,15)/t9-/m0/s1. The molecule has 0 aliphatic carbocycles. The van der Waals surface area contributed by atoms with Gasteiger partial charge in [-0.15, -0.1) is 0 Å². The van der Waals surface area contributed by atoms with Crippen LogP contribution >= 0.6 is 0 Å². The fraction of sp³-hybridized carbons (Fsp3) is 0.667. The number of H-pyrrole nitrogens is 1. The average molecular weight is 255 g/mol. The van der Waals surface area contributed by atoms with E-state index >= 15 is 0 Å². The number of nitrogens with zero attached hydrogens (tertiary/aromatic N) is 1. The minimum absolute atomic E-state index is 0.158. The maximum Gasteiger partial charge on any atom is 0.255 e. The van der Waals surface area contributed by atoms with Crippen molar-refractivity contribution < 1.29 is 14.6 Å². The molecule has 0 aliphatic heterocycles. The summed E-state index contributed by atoms with van der Waals surface area (Å²) >= 11 is 0. The van der Waals surface area contributed by atoms with Gasteiger partial charge >= 0.3 is 0 Å². The highest BCUT2D eigenvalue weighted by atomic mass is 16.5. The molecule has 1 aromatic heterocycles. The van der Waals surface area contributed by atoms with Crippen LogP contribution in [0.4, 0.5) is 0 Å². The Kier molecular flexibility index (Phi) is 5.30. The maximum atomic E-state index is 12.2. The lowest BCUT2D eigenvalue weighted by Gasteiger charge is -2.16. The monoisotopic (exact) mass is 255 g/mol. The molecule has 0 aromatic carbocycles. The summed E-state index contributed by atoms with van der Waals surface area (Å²) in [6, 6.07) is -0.406. The average Bonchev–Trinajstić information content (AvgIpc) is 2.70. The Bertz CT molecular complexity index is 401. The number of hydrogen-bond acceptors (Lipinski definition) is 4. The third-order valence-corrected chi connectivity index (χ3v) is 2.67. The van der Waals surface area contributed by atoms with Crippen molar-refractivity contribution in [3.05, 3.63) is 17.0 Å². The molecule has 1 atom stereocenters. The first kappa shape index (κ1) is 14.7. The summed E-state index contributed by atoms with van der Waals surface area (Å²) in [6.45, 7) is 5.87. The first-order valence-corrected chi connectivity index (χ1v) is 5.96. The third-order valence-electron chi connectivity index (χ3n) is 2.67. The molecule has 1 rings (SSSR count). The quantitative estimate of drug-likeness (QED) is 0.694. The number of aromatic amines is 1. The topological polar surface area (TPSA) is 87.2 Å². The molecule has 0 spiro atoms. The van der Waals surface area contributed by atoms with Crippen molar-refractivity contribution in [3.8, 4) is 0 Å². The van der Waals surface area contributed by atoms with Gasteiger partial charge in [0.2, 0.25) is 0 Å². The molecule has 1 amide bonds. The predicted molar refractivity (Wildman–Crippen MR) is 67.6 cm³/mol. The van der Waals surface area contributed by atoms with E-state index in [-0.39, 0.29) is 25.0 Å². The second-order valence-corrected chi connectivity index (χ2v) is 4.57. The molecule has 0 radical (unpaired) electrons. The highest BCUT2D eigenvalue weighted by Gasteiger charge is 2.22. The van der Waals surface area contributed by atoms with Crippen LogP contribution in [0.3, 0.4) is 0 Å². The highest BCUT2D eigenvalue weighted by Crippen LogP contribution is 2.19. The molecule has 6 nitrogen and oxygen atoms in total.